The second-order valence-electron chi connectivity index (χ2n) is 4.02. The van der Waals surface area contributed by atoms with Crippen LogP contribution in [0.5, 0.6) is 0 Å². The van der Waals surface area contributed by atoms with Gasteiger partial charge in [0.25, 0.3) is 0 Å². The number of carbonyl (C=O) groups is 2. The van der Waals surface area contributed by atoms with E-state index in [0.29, 0.717) is 18.8 Å². The SMILES string of the molecule is CCCNC(=O)CSCCCCCC(=O)OCC. The molecule has 0 spiro atoms. The van der Waals surface area contributed by atoms with Crippen LogP contribution in [0.4, 0.5) is 0 Å². The zero-order valence-corrected chi connectivity index (χ0v) is 12.3. The van der Waals surface area contributed by atoms with Crippen molar-refractivity contribution in [3.63, 3.8) is 0 Å². The van der Waals surface area contributed by atoms with E-state index < -0.39 is 0 Å². The highest BCUT2D eigenvalue weighted by Crippen LogP contribution is 2.08. The van der Waals surface area contributed by atoms with E-state index in [-0.39, 0.29) is 11.9 Å². The molecule has 0 aliphatic carbocycles. The molecule has 0 aromatic carbocycles. The molecule has 0 aliphatic heterocycles. The lowest BCUT2D eigenvalue weighted by molar-refractivity contribution is -0.143. The average molecular weight is 275 g/mol. The van der Waals surface area contributed by atoms with E-state index in [0.717, 1.165) is 38.0 Å². The molecule has 18 heavy (non-hydrogen) atoms. The number of hydrogen-bond donors (Lipinski definition) is 1. The lowest BCUT2D eigenvalue weighted by atomic mass is 10.2. The lowest BCUT2D eigenvalue weighted by Gasteiger charge is -2.04. The Morgan fingerprint density at radius 2 is 1.94 bits per heavy atom. The summed E-state index contributed by atoms with van der Waals surface area (Å²) in [5, 5.41) is 2.84. The molecule has 106 valence electrons. The zero-order chi connectivity index (χ0) is 13.6. The molecule has 0 fully saturated rings. The fourth-order valence-electron chi connectivity index (χ4n) is 1.36. The maximum Gasteiger partial charge on any atom is 0.305 e. The minimum absolute atomic E-state index is 0.107. The second-order valence-corrected chi connectivity index (χ2v) is 5.12. The predicted octanol–water partition coefficient (Wildman–Crippen LogP) is 2.37. The zero-order valence-electron chi connectivity index (χ0n) is 11.5. The quantitative estimate of drug-likeness (QED) is 0.464. The van der Waals surface area contributed by atoms with E-state index in [4.69, 9.17) is 4.74 Å². The molecule has 0 bridgehead atoms. The third kappa shape index (κ3) is 11.8. The highest BCUT2D eigenvalue weighted by Gasteiger charge is 2.02. The fourth-order valence-corrected chi connectivity index (χ4v) is 2.20. The van der Waals surface area contributed by atoms with Gasteiger partial charge in [-0.05, 0) is 31.9 Å². The normalized spacial score (nSPS) is 10.1. The van der Waals surface area contributed by atoms with Crippen LogP contribution in [0.25, 0.3) is 0 Å². The van der Waals surface area contributed by atoms with E-state index >= 15 is 0 Å². The van der Waals surface area contributed by atoms with Crippen molar-refractivity contribution < 1.29 is 14.3 Å². The molecule has 0 saturated carbocycles. The number of ether oxygens (including phenoxy) is 1. The number of hydrogen-bond acceptors (Lipinski definition) is 4. The van der Waals surface area contributed by atoms with Crippen molar-refractivity contribution in [3.8, 4) is 0 Å². The van der Waals surface area contributed by atoms with E-state index in [9.17, 15) is 9.59 Å². The van der Waals surface area contributed by atoms with Crippen molar-refractivity contribution >= 4 is 23.6 Å². The summed E-state index contributed by atoms with van der Waals surface area (Å²) >= 11 is 1.65. The molecule has 0 rings (SSSR count). The van der Waals surface area contributed by atoms with E-state index in [1.54, 1.807) is 11.8 Å². The standard InChI is InChI=1S/C13H25NO3S/c1-3-9-14-12(15)11-18-10-7-5-6-8-13(16)17-4-2/h3-11H2,1-2H3,(H,14,15). The minimum atomic E-state index is -0.107. The highest BCUT2D eigenvalue weighted by atomic mass is 32.2. The van der Waals surface area contributed by atoms with Crippen molar-refractivity contribution in [2.45, 2.75) is 46.0 Å². The molecule has 1 N–H and O–H groups in total. The van der Waals surface area contributed by atoms with Gasteiger partial charge in [-0.15, -0.1) is 0 Å². The first-order valence-electron chi connectivity index (χ1n) is 6.70. The molecule has 0 unspecified atom stereocenters. The Hall–Kier alpha value is -0.710. The van der Waals surface area contributed by atoms with Gasteiger partial charge >= 0.3 is 5.97 Å². The molecule has 0 aliphatic rings. The number of esters is 1. The van der Waals surface area contributed by atoms with Crippen LogP contribution in [0, 0.1) is 0 Å². The number of rotatable bonds is 11. The summed E-state index contributed by atoms with van der Waals surface area (Å²) < 4.78 is 4.84. The van der Waals surface area contributed by atoms with Crippen LogP contribution >= 0.6 is 11.8 Å². The van der Waals surface area contributed by atoms with Crippen LogP contribution < -0.4 is 5.32 Å². The van der Waals surface area contributed by atoms with Crippen molar-refractivity contribution in [2.75, 3.05) is 24.7 Å². The van der Waals surface area contributed by atoms with Gasteiger partial charge < -0.3 is 10.1 Å². The Labute approximate surface area is 114 Å². The third-order valence-corrected chi connectivity index (χ3v) is 3.32. The van der Waals surface area contributed by atoms with Crippen molar-refractivity contribution in [2.24, 2.45) is 0 Å². The summed E-state index contributed by atoms with van der Waals surface area (Å²) in [4.78, 5) is 22.3. The lowest BCUT2D eigenvalue weighted by Crippen LogP contribution is -2.25. The van der Waals surface area contributed by atoms with Gasteiger partial charge in [0.2, 0.25) is 5.91 Å². The maximum absolute atomic E-state index is 11.3. The first-order chi connectivity index (χ1) is 8.70. The van der Waals surface area contributed by atoms with E-state index in [2.05, 4.69) is 5.32 Å². The molecule has 1 amide bonds. The van der Waals surface area contributed by atoms with Gasteiger partial charge in [-0.1, -0.05) is 13.3 Å². The Balaban J connectivity index is 3.20. The summed E-state index contributed by atoms with van der Waals surface area (Å²) in [6.07, 6.45) is 4.43. The number of thioether (sulfide) groups is 1. The van der Waals surface area contributed by atoms with Gasteiger partial charge in [0.1, 0.15) is 0 Å². The molecule has 0 radical (unpaired) electrons. The summed E-state index contributed by atoms with van der Waals surface area (Å²) in [5.41, 5.74) is 0. The largest absolute Gasteiger partial charge is 0.466 e. The summed E-state index contributed by atoms with van der Waals surface area (Å²) in [6, 6.07) is 0. The molecular formula is C13H25NO3S. The first kappa shape index (κ1) is 17.3. The van der Waals surface area contributed by atoms with Crippen molar-refractivity contribution in [1.82, 2.24) is 5.32 Å². The molecule has 5 heteroatoms. The van der Waals surface area contributed by atoms with Gasteiger partial charge in [0, 0.05) is 13.0 Å². The molecule has 4 nitrogen and oxygen atoms in total. The Kier molecular flexibility index (Phi) is 12.2. The van der Waals surface area contributed by atoms with Crippen molar-refractivity contribution in [3.05, 3.63) is 0 Å². The fraction of sp³-hybridized carbons (Fsp3) is 0.846. The van der Waals surface area contributed by atoms with Crippen LogP contribution in [0.15, 0.2) is 0 Å². The summed E-state index contributed by atoms with van der Waals surface area (Å²) in [5.74, 6) is 1.53. The Morgan fingerprint density at radius 1 is 1.17 bits per heavy atom. The molecular weight excluding hydrogens is 250 g/mol. The monoisotopic (exact) mass is 275 g/mol. The van der Waals surface area contributed by atoms with E-state index in [1.807, 2.05) is 13.8 Å². The Bertz CT molecular complexity index is 234. The molecule has 0 heterocycles. The summed E-state index contributed by atoms with van der Waals surface area (Å²) in [7, 11) is 0. The Morgan fingerprint density at radius 3 is 2.61 bits per heavy atom. The third-order valence-electron chi connectivity index (χ3n) is 2.28. The minimum Gasteiger partial charge on any atom is -0.466 e. The van der Waals surface area contributed by atoms with Crippen LogP contribution in [-0.2, 0) is 14.3 Å². The second kappa shape index (κ2) is 12.7. The van der Waals surface area contributed by atoms with Crippen LogP contribution in [0.1, 0.15) is 46.0 Å². The number of amides is 1. The maximum atomic E-state index is 11.3. The molecule has 0 saturated heterocycles. The molecule has 0 atom stereocenters. The number of nitrogens with one attached hydrogen (secondary N) is 1. The average Bonchev–Trinajstić information content (AvgIpc) is 2.35. The van der Waals surface area contributed by atoms with Gasteiger partial charge in [0.05, 0.1) is 12.4 Å². The first-order valence-corrected chi connectivity index (χ1v) is 7.86. The molecule has 0 aromatic rings. The number of carbonyl (C=O) groups excluding carboxylic acids is 2. The van der Waals surface area contributed by atoms with Crippen LogP contribution in [0.3, 0.4) is 0 Å². The molecule has 0 aromatic heterocycles. The van der Waals surface area contributed by atoms with Gasteiger partial charge in [-0.3, -0.25) is 9.59 Å². The van der Waals surface area contributed by atoms with Crippen LogP contribution in [0.2, 0.25) is 0 Å². The summed E-state index contributed by atoms with van der Waals surface area (Å²) in [6.45, 7) is 5.08. The van der Waals surface area contributed by atoms with Gasteiger partial charge in [-0.2, -0.15) is 11.8 Å². The smallest absolute Gasteiger partial charge is 0.305 e. The number of unbranched alkanes of at least 4 members (excludes halogenated alkanes) is 2. The van der Waals surface area contributed by atoms with E-state index in [1.165, 1.54) is 0 Å². The predicted molar refractivity (Wildman–Crippen MR) is 75.7 cm³/mol. The van der Waals surface area contributed by atoms with Crippen molar-refractivity contribution in [1.29, 1.82) is 0 Å². The van der Waals surface area contributed by atoms with Crippen LogP contribution in [-0.4, -0.2) is 36.5 Å². The highest BCUT2D eigenvalue weighted by molar-refractivity contribution is 7.99. The van der Waals surface area contributed by atoms with Gasteiger partial charge in [0.15, 0.2) is 0 Å². The topological polar surface area (TPSA) is 55.4 Å². The van der Waals surface area contributed by atoms with Gasteiger partial charge in [-0.25, -0.2) is 0 Å².